The second-order valence-electron chi connectivity index (χ2n) is 9.43. The number of benzene rings is 2. The third-order valence-electron chi connectivity index (χ3n) is 5.87. The molecule has 0 radical (unpaired) electrons. The van der Waals surface area contributed by atoms with Crippen molar-refractivity contribution >= 4 is 29.1 Å². The second-order valence-corrected chi connectivity index (χ2v) is 9.84. The van der Waals surface area contributed by atoms with E-state index in [2.05, 4.69) is 31.4 Å². The van der Waals surface area contributed by atoms with Crippen LogP contribution in [0.25, 0.3) is 0 Å². The molecule has 35 heavy (non-hydrogen) atoms. The van der Waals surface area contributed by atoms with Crippen LogP contribution < -0.4 is 15.4 Å². The highest BCUT2D eigenvalue weighted by Crippen LogP contribution is 2.24. The van der Waals surface area contributed by atoms with E-state index in [-0.39, 0.29) is 11.8 Å². The molecule has 5 nitrogen and oxygen atoms in total. The molecule has 2 aromatic rings. The Bertz CT molecular complexity index is 913. The van der Waals surface area contributed by atoms with Gasteiger partial charge in [0.1, 0.15) is 5.75 Å². The van der Waals surface area contributed by atoms with Gasteiger partial charge < -0.3 is 15.4 Å². The van der Waals surface area contributed by atoms with Crippen LogP contribution in [0.4, 0.5) is 5.69 Å². The van der Waals surface area contributed by atoms with E-state index in [1.54, 1.807) is 42.5 Å². The number of nitrogens with one attached hydrogen (secondary N) is 2. The fraction of sp³-hybridized carbons (Fsp3) is 0.517. The summed E-state index contributed by atoms with van der Waals surface area (Å²) in [6.07, 6.45) is 11.0. The predicted octanol–water partition coefficient (Wildman–Crippen LogP) is 7.89. The number of hydrogen-bond donors (Lipinski definition) is 2. The van der Waals surface area contributed by atoms with Crippen molar-refractivity contribution in [1.82, 2.24) is 5.32 Å². The van der Waals surface area contributed by atoms with Crippen LogP contribution in [-0.2, 0) is 0 Å². The minimum atomic E-state index is -0.293. The molecule has 6 heteroatoms. The summed E-state index contributed by atoms with van der Waals surface area (Å²) in [4.78, 5) is 25.1. The topological polar surface area (TPSA) is 67.4 Å². The maximum Gasteiger partial charge on any atom is 0.255 e. The molecule has 2 N–H and O–H groups in total. The smallest absolute Gasteiger partial charge is 0.255 e. The van der Waals surface area contributed by atoms with Crippen LogP contribution in [0.5, 0.6) is 5.75 Å². The van der Waals surface area contributed by atoms with Crippen LogP contribution in [0.3, 0.4) is 0 Å². The summed E-state index contributed by atoms with van der Waals surface area (Å²) in [6.45, 7) is 7.74. The Morgan fingerprint density at radius 1 is 0.857 bits per heavy atom. The Morgan fingerprint density at radius 2 is 1.49 bits per heavy atom. The Balaban J connectivity index is 1.79. The van der Waals surface area contributed by atoms with E-state index in [0.717, 1.165) is 18.6 Å². The van der Waals surface area contributed by atoms with Gasteiger partial charge >= 0.3 is 0 Å². The number of ether oxygens (including phenoxy) is 1. The summed E-state index contributed by atoms with van der Waals surface area (Å²) in [5.74, 6) is 0.787. The van der Waals surface area contributed by atoms with Crippen molar-refractivity contribution < 1.29 is 14.3 Å². The Labute approximate surface area is 216 Å². The van der Waals surface area contributed by atoms with E-state index in [9.17, 15) is 9.59 Å². The number of unbranched alkanes of at least 4 members (excludes halogenated alkanes) is 7. The van der Waals surface area contributed by atoms with Gasteiger partial charge in [0.25, 0.3) is 11.8 Å². The molecule has 0 saturated carbocycles. The van der Waals surface area contributed by atoms with Crippen molar-refractivity contribution in [3.63, 3.8) is 0 Å². The zero-order valence-corrected chi connectivity index (χ0v) is 22.3. The predicted molar refractivity (Wildman–Crippen MR) is 146 cm³/mol. The average molecular weight is 501 g/mol. The monoisotopic (exact) mass is 500 g/mol. The lowest BCUT2D eigenvalue weighted by atomic mass is 10.1. The number of carbonyl (C=O) groups is 2. The zero-order chi connectivity index (χ0) is 25.5. The Morgan fingerprint density at radius 3 is 2.14 bits per heavy atom. The van der Waals surface area contributed by atoms with Crippen molar-refractivity contribution in [2.45, 2.75) is 78.6 Å². The zero-order valence-electron chi connectivity index (χ0n) is 21.5. The van der Waals surface area contributed by atoms with Crippen molar-refractivity contribution in [3.8, 4) is 5.75 Å². The van der Waals surface area contributed by atoms with E-state index in [1.165, 1.54) is 44.9 Å². The van der Waals surface area contributed by atoms with Gasteiger partial charge in [-0.1, -0.05) is 77.3 Å². The molecule has 2 aromatic carbocycles. The van der Waals surface area contributed by atoms with Crippen molar-refractivity contribution in [1.29, 1.82) is 0 Å². The summed E-state index contributed by atoms with van der Waals surface area (Å²) in [5.41, 5.74) is 1.36. The standard InChI is InChI=1S/C29H41ClN2O3/c1-4-5-6-7-8-9-10-11-20-35-25-15-12-23(13-16-25)29(34)32-27-21-24(14-17-26(27)30)28(33)31-19-18-22(2)3/h12-17,21-22H,4-11,18-20H2,1-3H3,(H,31,33)(H,32,34). The molecular weight excluding hydrogens is 460 g/mol. The second kappa shape index (κ2) is 16.2. The summed E-state index contributed by atoms with van der Waals surface area (Å²) >= 11 is 6.26. The van der Waals surface area contributed by atoms with Gasteiger partial charge in [0.15, 0.2) is 0 Å². The number of carbonyl (C=O) groups excluding carboxylic acids is 2. The average Bonchev–Trinajstić information content (AvgIpc) is 2.84. The third-order valence-corrected chi connectivity index (χ3v) is 6.20. The van der Waals surface area contributed by atoms with Crippen LogP contribution >= 0.6 is 11.6 Å². The maximum atomic E-state index is 12.7. The number of halogens is 1. The van der Waals surface area contributed by atoms with E-state index >= 15 is 0 Å². The summed E-state index contributed by atoms with van der Waals surface area (Å²) in [6, 6.07) is 12.0. The fourth-order valence-electron chi connectivity index (χ4n) is 3.66. The van der Waals surface area contributed by atoms with Gasteiger partial charge in [0.2, 0.25) is 0 Å². The van der Waals surface area contributed by atoms with Crippen LogP contribution in [0, 0.1) is 5.92 Å². The lowest BCUT2D eigenvalue weighted by Gasteiger charge is -2.11. The molecule has 0 aromatic heterocycles. The molecule has 0 atom stereocenters. The van der Waals surface area contributed by atoms with Crippen LogP contribution in [0.2, 0.25) is 5.02 Å². The first kappa shape index (κ1) is 28.7. The third kappa shape index (κ3) is 11.2. The van der Waals surface area contributed by atoms with Crippen molar-refractivity contribution in [2.24, 2.45) is 5.92 Å². The van der Waals surface area contributed by atoms with Gasteiger partial charge in [-0.05, 0) is 61.2 Å². The summed E-state index contributed by atoms with van der Waals surface area (Å²) in [7, 11) is 0. The molecule has 0 spiro atoms. The first-order valence-electron chi connectivity index (χ1n) is 13.0. The molecule has 0 heterocycles. The minimum absolute atomic E-state index is 0.184. The number of hydrogen-bond acceptors (Lipinski definition) is 3. The normalized spacial score (nSPS) is 10.9. The molecule has 0 bridgehead atoms. The largest absolute Gasteiger partial charge is 0.494 e. The van der Waals surface area contributed by atoms with E-state index in [0.29, 0.717) is 40.9 Å². The first-order chi connectivity index (χ1) is 16.9. The minimum Gasteiger partial charge on any atom is -0.494 e. The van der Waals surface area contributed by atoms with E-state index < -0.39 is 0 Å². The number of rotatable bonds is 16. The lowest BCUT2D eigenvalue weighted by molar-refractivity contribution is 0.0950. The Hall–Kier alpha value is -2.53. The first-order valence-corrected chi connectivity index (χ1v) is 13.4. The molecule has 2 amide bonds. The van der Waals surface area contributed by atoms with E-state index in [1.807, 2.05) is 0 Å². The summed E-state index contributed by atoms with van der Waals surface area (Å²) in [5, 5.41) is 6.08. The van der Waals surface area contributed by atoms with E-state index in [4.69, 9.17) is 16.3 Å². The number of amides is 2. The lowest BCUT2D eigenvalue weighted by Crippen LogP contribution is -2.25. The van der Waals surface area contributed by atoms with Gasteiger partial charge in [0, 0.05) is 17.7 Å². The van der Waals surface area contributed by atoms with Gasteiger partial charge in [-0.2, -0.15) is 0 Å². The highest BCUT2D eigenvalue weighted by Gasteiger charge is 2.13. The van der Waals surface area contributed by atoms with Crippen LogP contribution in [0.1, 0.15) is 99.3 Å². The molecule has 2 rings (SSSR count). The van der Waals surface area contributed by atoms with Gasteiger partial charge in [-0.25, -0.2) is 0 Å². The fourth-order valence-corrected chi connectivity index (χ4v) is 3.83. The van der Waals surface area contributed by atoms with Gasteiger partial charge in [0.05, 0.1) is 17.3 Å². The quantitative estimate of drug-likeness (QED) is 0.230. The molecule has 192 valence electrons. The van der Waals surface area contributed by atoms with Crippen LogP contribution in [-0.4, -0.2) is 25.0 Å². The molecule has 0 fully saturated rings. The summed E-state index contributed by atoms with van der Waals surface area (Å²) < 4.78 is 5.81. The molecule has 0 saturated heterocycles. The van der Waals surface area contributed by atoms with Crippen LogP contribution in [0.15, 0.2) is 42.5 Å². The highest BCUT2D eigenvalue weighted by molar-refractivity contribution is 6.34. The highest BCUT2D eigenvalue weighted by atomic mass is 35.5. The SMILES string of the molecule is CCCCCCCCCCOc1ccc(C(=O)Nc2cc(C(=O)NCCC(C)C)ccc2Cl)cc1. The molecule has 0 aliphatic carbocycles. The number of anilines is 1. The molecular formula is C29H41ClN2O3. The van der Waals surface area contributed by atoms with Gasteiger partial charge in [-0.15, -0.1) is 0 Å². The molecule has 0 aliphatic heterocycles. The Kier molecular flexibility index (Phi) is 13.3. The van der Waals surface area contributed by atoms with Crippen molar-refractivity contribution in [3.05, 3.63) is 58.6 Å². The maximum absolute atomic E-state index is 12.7. The molecule has 0 aliphatic rings. The molecule has 0 unspecified atom stereocenters. The van der Waals surface area contributed by atoms with Gasteiger partial charge in [-0.3, -0.25) is 9.59 Å². The van der Waals surface area contributed by atoms with Crippen molar-refractivity contribution in [2.75, 3.05) is 18.5 Å².